The Balaban J connectivity index is 1.70. The van der Waals surface area contributed by atoms with Crippen LogP contribution >= 0.6 is 23.2 Å². The maximum absolute atomic E-state index is 16.0. The van der Waals surface area contributed by atoms with E-state index in [1.165, 1.54) is 13.2 Å². The lowest BCUT2D eigenvalue weighted by Crippen LogP contribution is -2.49. The predicted octanol–water partition coefficient (Wildman–Crippen LogP) is 6.60. The largest absolute Gasteiger partial charge is 0.494 e. The number of halogens is 3. The second kappa shape index (κ2) is 11.1. The van der Waals surface area contributed by atoms with E-state index < -0.39 is 35.1 Å². The summed E-state index contributed by atoms with van der Waals surface area (Å²) >= 11 is 12.6. The van der Waals surface area contributed by atoms with Crippen molar-refractivity contribution in [2.45, 2.75) is 50.6 Å². The molecule has 0 aliphatic carbocycles. The van der Waals surface area contributed by atoms with Gasteiger partial charge in [0.15, 0.2) is 0 Å². The van der Waals surface area contributed by atoms with Gasteiger partial charge >= 0.3 is 0 Å². The molecule has 3 aromatic rings. The molecule has 2 heterocycles. The highest BCUT2D eigenvalue weighted by atomic mass is 35.5. The third-order valence-electron chi connectivity index (χ3n) is 8.18. The first kappa shape index (κ1) is 30.1. The minimum absolute atomic E-state index is 0.0863. The lowest BCUT2D eigenvalue weighted by Gasteiger charge is -2.37. The SMILES string of the molecule is COc1cc(N(C)C)ccc1NC(=O)[C@@H]1N[C@@H](CC(C)(C)C)C2(C(=O)Nc3cc(Cl)ccc32)[C@@H]1c1cccc(Cl)c1F. The number of rotatable bonds is 6. The van der Waals surface area contributed by atoms with Crippen LogP contribution in [0, 0.1) is 11.2 Å². The minimum atomic E-state index is -1.33. The van der Waals surface area contributed by atoms with E-state index in [9.17, 15) is 9.59 Å². The molecular formula is C32H35Cl2FN4O3. The second-order valence-electron chi connectivity index (χ2n) is 12.4. The van der Waals surface area contributed by atoms with Gasteiger partial charge in [-0.05, 0) is 53.3 Å². The van der Waals surface area contributed by atoms with E-state index in [1.54, 1.807) is 36.4 Å². The van der Waals surface area contributed by atoms with Gasteiger partial charge in [0.1, 0.15) is 17.0 Å². The summed E-state index contributed by atoms with van der Waals surface area (Å²) in [6, 6.07) is 13.8. The highest BCUT2D eigenvalue weighted by Crippen LogP contribution is 2.57. The Morgan fingerprint density at radius 1 is 1.12 bits per heavy atom. The van der Waals surface area contributed by atoms with Crippen molar-refractivity contribution in [1.82, 2.24) is 5.32 Å². The second-order valence-corrected chi connectivity index (χ2v) is 13.2. The molecule has 2 aliphatic heterocycles. The number of amides is 2. The van der Waals surface area contributed by atoms with Gasteiger partial charge < -0.3 is 25.6 Å². The Morgan fingerprint density at radius 2 is 1.86 bits per heavy atom. The van der Waals surface area contributed by atoms with Crippen LogP contribution in [-0.2, 0) is 15.0 Å². The van der Waals surface area contributed by atoms with Crippen molar-refractivity contribution in [3.05, 3.63) is 81.6 Å². The number of carbonyl (C=O) groups is 2. The molecule has 0 aromatic heterocycles. The van der Waals surface area contributed by atoms with Crippen molar-refractivity contribution in [3.8, 4) is 5.75 Å². The number of benzene rings is 3. The van der Waals surface area contributed by atoms with Crippen LogP contribution in [0.25, 0.3) is 0 Å². The topological polar surface area (TPSA) is 82.7 Å². The van der Waals surface area contributed by atoms with Crippen LogP contribution in [0.15, 0.2) is 54.6 Å². The molecule has 2 aliphatic rings. The van der Waals surface area contributed by atoms with E-state index >= 15 is 4.39 Å². The van der Waals surface area contributed by atoms with Gasteiger partial charge in [-0.1, -0.05) is 62.2 Å². The normalized spacial score (nSPS) is 23.1. The Bertz CT molecular complexity index is 1560. The van der Waals surface area contributed by atoms with Crippen molar-refractivity contribution in [2.75, 3.05) is 36.7 Å². The fraction of sp³-hybridized carbons (Fsp3) is 0.375. The van der Waals surface area contributed by atoms with Crippen LogP contribution in [0.3, 0.4) is 0 Å². The summed E-state index contributed by atoms with van der Waals surface area (Å²) in [5.74, 6) is -1.89. The highest BCUT2D eigenvalue weighted by molar-refractivity contribution is 6.31. The van der Waals surface area contributed by atoms with Crippen molar-refractivity contribution >= 4 is 52.1 Å². The zero-order chi connectivity index (χ0) is 30.6. The molecule has 0 saturated carbocycles. The molecule has 1 spiro atoms. The molecule has 0 radical (unpaired) electrons. The summed E-state index contributed by atoms with van der Waals surface area (Å²) in [6.45, 7) is 6.20. The van der Waals surface area contributed by atoms with Crippen molar-refractivity contribution in [3.63, 3.8) is 0 Å². The Kier molecular flexibility index (Phi) is 7.94. The number of hydrogen-bond acceptors (Lipinski definition) is 5. The highest BCUT2D eigenvalue weighted by Gasteiger charge is 2.66. The van der Waals surface area contributed by atoms with E-state index in [-0.39, 0.29) is 21.9 Å². The average Bonchev–Trinajstić information content (AvgIpc) is 3.39. The molecule has 2 amide bonds. The maximum Gasteiger partial charge on any atom is 0.242 e. The van der Waals surface area contributed by atoms with E-state index in [0.717, 1.165) is 5.69 Å². The van der Waals surface area contributed by atoms with Crippen molar-refractivity contribution < 1.29 is 18.7 Å². The summed E-state index contributed by atoms with van der Waals surface area (Å²) in [5.41, 5.74) is 1.16. The number of nitrogens with one attached hydrogen (secondary N) is 3. The Morgan fingerprint density at radius 3 is 2.52 bits per heavy atom. The van der Waals surface area contributed by atoms with Gasteiger partial charge in [-0.15, -0.1) is 0 Å². The van der Waals surface area contributed by atoms with E-state index in [1.807, 2.05) is 31.1 Å². The molecule has 1 unspecified atom stereocenters. The molecule has 10 heteroatoms. The van der Waals surface area contributed by atoms with Crippen LogP contribution in [0.5, 0.6) is 5.75 Å². The van der Waals surface area contributed by atoms with Crippen molar-refractivity contribution in [2.24, 2.45) is 5.41 Å². The molecule has 3 aromatic carbocycles. The predicted molar refractivity (Wildman–Crippen MR) is 167 cm³/mol. The Hall–Kier alpha value is -3.33. The summed E-state index contributed by atoms with van der Waals surface area (Å²) in [7, 11) is 5.35. The number of nitrogens with zero attached hydrogens (tertiary/aromatic N) is 1. The molecule has 4 atom stereocenters. The quantitative estimate of drug-likeness (QED) is 0.292. The number of hydrogen-bond donors (Lipinski definition) is 3. The fourth-order valence-electron chi connectivity index (χ4n) is 6.42. The lowest BCUT2D eigenvalue weighted by molar-refractivity contribution is -0.122. The van der Waals surface area contributed by atoms with Gasteiger partial charge in [0, 0.05) is 48.5 Å². The standard InChI is InChI=1S/C32H35Cl2FN4O3/c1-31(2,3)16-25-32(20-12-10-17(33)14-23(20)37-30(32)41)26(19-8-7-9-21(34)27(19)35)28(38-25)29(40)36-22-13-11-18(39(4)5)15-24(22)42-6/h7-15,25-26,28,38H,16H2,1-6H3,(H,36,40)(H,37,41)/t25-,26+,28+,32?/m0/s1. The smallest absolute Gasteiger partial charge is 0.242 e. The molecule has 3 N–H and O–H groups in total. The lowest BCUT2D eigenvalue weighted by atomic mass is 9.62. The van der Waals surface area contributed by atoms with Gasteiger partial charge in [-0.2, -0.15) is 0 Å². The van der Waals surface area contributed by atoms with Gasteiger partial charge in [0.05, 0.1) is 23.9 Å². The molecular weight excluding hydrogens is 578 g/mol. The first-order chi connectivity index (χ1) is 19.8. The fourth-order valence-corrected chi connectivity index (χ4v) is 6.78. The molecule has 1 saturated heterocycles. The number of fused-ring (bicyclic) bond motifs is 2. The van der Waals surface area contributed by atoms with Crippen LogP contribution in [0.1, 0.15) is 44.2 Å². The van der Waals surface area contributed by atoms with Gasteiger partial charge in [-0.25, -0.2) is 4.39 Å². The molecule has 222 valence electrons. The van der Waals surface area contributed by atoms with E-state index in [4.69, 9.17) is 27.9 Å². The van der Waals surface area contributed by atoms with E-state index in [2.05, 4.69) is 36.7 Å². The third-order valence-corrected chi connectivity index (χ3v) is 8.71. The maximum atomic E-state index is 16.0. The monoisotopic (exact) mass is 612 g/mol. The summed E-state index contributed by atoms with van der Waals surface area (Å²) < 4.78 is 21.5. The number of anilines is 3. The van der Waals surface area contributed by atoms with Crippen LogP contribution in [-0.4, -0.2) is 45.1 Å². The Labute approximate surface area is 255 Å². The van der Waals surface area contributed by atoms with Crippen molar-refractivity contribution in [1.29, 1.82) is 0 Å². The van der Waals surface area contributed by atoms with Gasteiger partial charge in [-0.3, -0.25) is 9.59 Å². The first-order valence-corrected chi connectivity index (χ1v) is 14.5. The first-order valence-electron chi connectivity index (χ1n) is 13.8. The van der Waals surface area contributed by atoms with E-state index in [0.29, 0.717) is 34.1 Å². The zero-order valence-corrected chi connectivity index (χ0v) is 26.0. The molecule has 7 nitrogen and oxygen atoms in total. The average molecular weight is 614 g/mol. The number of ether oxygens (including phenoxy) is 1. The molecule has 0 bridgehead atoms. The minimum Gasteiger partial charge on any atom is -0.494 e. The zero-order valence-electron chi connectivity index (χ0n) is 24.4. The number of carbonyl (C=O) groups excluding carboxylic acids is 2. The third kappa shape index (κ3) is 5.10. The summed E-state index contributed by atoms with van der Waals surface area (Å²) in [5, 5.41) is 9.83. The summed E-state index contributed by atoms with van der Waals surface area (Å²) in [4.78, 5) is 30.4. The van der Waals surface area contributed by atoms with Crippen LogP contribution in [0.4, 0.5) is 21.5 Å². The molecule has 42 heavy (non-hydrogen) atoms. The number of methoxy groups -OCH3 is 1. The van der Waals surface area contributed by atoms with Gasteiger partial charge in [0.25, 0.3) is 0 Å². The molecule has 1 fully saturated rings. The van der Waals surface area contributed by atoms with Gasteiger partial charge in [0.2, 0.25) is 11.8 Å². The summed E-state index contributed by atoms with van der Waals surface area (Å²) in [6.07, 6.45) is 0.520. The van der Waals surface area contributed by atoms with Crippen LogP contribution < -0.4 is 25.6 Å². The van der Waals surface area contributed by atoms with Crippen LogP contribution in [0.2, 0.25) is 10.0 Å². The molecule has 5 rings (SSSR count).